The van der Waals surface area contributed by atoms with Crippen LogP contribution in [-0.2, 0) is 14.3 Å². The van der Waals surface area contributed by atoms with E-state index in [2.05, 4.69) is 6.92 Å². The third kappa shape index (κ3) is 8.67. The lowest BCUT2D eigenvalue weighted by Crippen LogP contribution is -2.33. The molecule has 124 valence electrons. The lowest BCUT2D eigenvalue weighted by atomic mass is 9.79. The summed E-state index contributed by atoms with van der Waals surface area (Å²) < 4.78 is 5.16. The second kappa shape index (κ2) is 12.6. The van der Waals surface area contributed by atoms with Crippen LogP contribution in [0.4, 0.5) is 0 Å². The normalized spacial score (nSPS) is 21.1. The molecule has 2 atom stereocenters. The SMILES string of the molecule is CCCCCOC(=O)C1CCCCC1C(=O)O.OCCO. The average molecular weight is 304 g/mol. The van der Waals surface area contributed by atoms with Gasteiger partial charge in [-0.05, 0) is 19.3 Å². The highest BCUT2D eigenvalue weighted by Crippen LogP contribution is 2.31. The Morgan fingerprint density at radius 3 is 2.10 bits per heavy atom. The van der Waals surface area contributed by atoms with E-state index in [1.54, 1.807) is 0 Å². The molecule has 0 radical (unpaired) electrons. The molecule has 1 aliphatic rings. The Bertz CT molecular complexity index is 290. The van der Waals surface area contributed by atoms with Crippen LogP contribution < -0.4 is 0 Å². The quantitative estimate of drug-likeness (QED) is 0.487. The molecule has 1 aliphatic carbocycles. The smallest absolute Gasteiger partial charge is 0.309 e. The zero-order chi connectivity index (χ0) is 16.1. The molecule has 0 aromatic rings. The van der Waals surface area contributed by atoms with E-state index in [1.165, 1.54) is 0 Å². The van der Waals surface area contributed by atoms with E-state index in [4.69, 9.17) is 20.1 Å². The molecule has 6 heteroatoms. The zero-order valence-electron chi connectivity index (χ0n) is 12.8. The predicted octanol–water partition coefficient (Wildman–Crippen LogP) is 1.58. The fourth-order valence-corrected chi connectivity index (χ4v) is 2.34. The molecule has 0 amide bonds. The van der Waals surface area contributed by atoms with Gasteiger partial charge in [0.05, 0.1) is 31.7 Å². The first-order valence-electron chi connectivity index (χ1n) is 7.69. The van der Waals surface area contributed by atoms with Gasteiger partial charge in [-0.3, -0.25) is 9.59 Å². The minimum atomic E-state index is -0.861. The van der Waals surface area contributed by atoms with Crippen molar-refractivity contribution in [3.8, 4) is 0 Å². The Morgan fingerprint density at radius 2 is 1.62 bits per heavy atom. The summed E-state index contributed by atoms with van der Waals surface area (Å²) in [6.45, 7) is 2.26. The van der Waals surface area contributed by atoms with Crippen molar-refractivity contribution in [1.29, 1.82) is 0 Å². The van der Waals surface area contributed by atoms with E-state index in [0.29, 0.717) is 19.4 Å². The van der Waals surface area contributed by atoms with Crippen LogP contribution in [0.25, 0.3) is 0 Å². The first-order chi connectivity index (χ1) is 10.1. The van der Waals surface area contributed by atoms with Crippen LogP contribution in [-0.4, -0.2) is 47.1 Å². The van der Waals surface area contributed by atoms with Crippen LogP contribution in [0.2, 0.25) is 0 Å². The number of aliphatic carboxylic acids is 1. The Balaban J connectivity index is 0.000000885. The number of aliphatic hydroxyl groups is 2. The number of unbranched alkanes of at least 4 members (excludes halogenated alkanes) is 2. The summed E-state index contributed by atoms with van der Waals surface area (Å²) in [6.07, 6.45) is 6.08. The van der Waals surface area contributed by atoms with E-state index >= 15 is 0 Å². The molecule has 0 spiro atoms. The van der Waals surface area contributed by atoms with Crippen LogP contribution in [0.1, 0.15) is 51.9 Å². The van der Waals surface area contributed by atoms with Gasteiger partial charge in [0.25, 0.3) is 0 Å². The second-order valence-electron chi connectivity index (χ2n) is 5.16. The minimum absolute atomic E-state index is 0.125. The second-order valence-corrected chi connectivity index (χ2v) is 5.16. The number of rotatable bonds is 7. The molecular weight excluding hydrogens is 276 g/mol. The highest BCUT2D eigenvalue weighted by atomic mass is 16.5. The molecule has 3 N–H and O–H groups in total. The lowest BCUT2D eigenvalue weighted by Gasteiger charge is -2.26. The Morgan fingerprint density at radius 1 is 1.05 bits per heavy atom. The van der Waals surface area contributed by atoms with Gasteiger partial charge in [0.2, 0.25) is 0 Å². The van der Waals surface area contributed by atoms with Crippen molar-refractivity contribution in [2.24, 2.45) is 11.8 Å². The van der Waals surface area contributed by atoms with Crippen molar-refractivity contribution in [2.75, 3.05) is 19.8 Å². The van der Waals surface area contributed by atoms with Crippen molar-refractivity contribution < 1.29 is 29.6 Å². The van der Waals surface area contributed by atoms with Crippen molar-refractivity contribution >= 4 is 11.9 Å². The van der Waals surface area contributed by atoms with Gasteiger partial charge in [0.15, 0.2) is 0 Å². The summed E-state index contributed by atoms with van der Waals surface area (Å²) in [5, 5.41) is 24.3. The molecule has 0 aliphatic heterocycles. The Kier molecular flexibility index (Phi) is 11.9. The highest BCUT2D eigenvalue weighted by molar-refractivity contribution is 5.81. The summed E-state index contributed by atoms with van der Waals surface area (Å²) in [4.78, 5) is 22.8. The van der Waals surface area contributed by atoms with Crippen LogP contribution in [0.5, 0.6) is 0 Å². The molecule has 0 heterocycles. The van der Waals surface area contributed by atoms with E-state index in [9.17, 15) is 9.59 Å². The van der Waals surface area contributed by atoms with E-state index in [0.717, 1.165) is 32.1 Å². The summed E-state index contributed by atoms with van der Waals surface area (Å²) in [5.74, 6) is -2.14. The number of carboxylic acids is 1. The third-order valence-corrected chi connectivity index (χ3v) is 3.48. The maximum absolute atomic E-state index is 11.8. The van der Waals surface area contributed by atoms with Crippen molar-refractivity contribution in [3.63, 3.8) is 0 Å². The van der Waals surface area contributed by atoms with Crippen LogP contribution >= 0.6 is 0 Å². The predicted molar refractivity (Wildman–Crippen MR) is 77.7 cm³/mol. The highest BCUT2D eigenvalue weighted by Gasteiger charge is 2.36. The standard InChI is InChI=1S/C13H22O4.C2H6O2/c1-2-3-6-9-17-13(16)11-8-5-4-7-10(11)12(14)15;3-1-2-4/h10-11H,2-9H2,1H3,(H,14,15);3-4H,1-2H2. The van der Waals surface area contributed by atoms with Gasteiger partial charge >= 0.3 is 11.9 Å². The molecule has 0 bridgehead atoms. The largest absolute Gasteiger partial charge is 0.481 e. The third-order valence-electron chi connectivity index (χ3n) is 3.48. The molecule has 1 rings (SSSR count). The molecule has 0 aromatic carbocycles. The Hall–Kier alpha value is -1.14. The number of hydrogen-bond acceptors (Lipinski definition) is 5. The monoisotopic (exact) mass is 304 g/mol. The van der Waals surface area contributed by atoms with Gasteiger partial charge in [-0.1, -0.05) is 32.6 Å². The van der Waals surface area contributed by atoms with Crippen molar-refractivity contribution in [1.82, 2.24) is 0 Å². The van der Waals surface area contributed by atoms with Gasteiger partial charge in [0.1, 0.15) is 0 Å². The lowest BCUT2D eigenvalue weighted by molar-refractivity contribution is -0.159. The summed E-state index contributed by atoms with van der Waals surface area (Å²) in [7, 11) is 0. The zero-order valence-corrected chi connectivity index (χ0v) is 12.8. The van der Waals surface area contributed by atoms with E-state index < -0.39 is 17.8 Å². The van der Waals surface area contributed by atoms with Crippen LogP contribution in [0, 0.1) is 11.8 Å². The fourth-order valence-electron chi connectivity index (χ4n) is 2.34. The number of esters is 1. The van der Waals surface area contributed by atoms with Crippen LogP contribution in [0.3, 0.4) is 0 Å². The maximum Gasteiger partial charge on any atom is 0.309 e. The minimum Gasteiger partial charge on any atom is -0.481 e. The molecule has 1 saturated carbocycles. The first-order valence-corrected chi connectivity index (χ1v) is 7.69. The topological polar surface area (TPSA) is 104 Å². The van der Waals surface area contributed by atoms with Gasteiger partial charge in [-0.15, -0.1) is 0 Å². The van der Waals surface area contributed by atoms with Gasteiger partial charge in [-0.2, -0.15) is 0 Å². The number of carboxylic acid groups (broad SMARTS) is 1. The summed E-state index contributed by atoms with van der Waals surface area (Å²) in [6, 6.07) is 0. The summed E-state index contributed by atoms with van der Waals surface area (Å²) in [5.41, 5.74) is 0. The molecule has 2 unspecified atom stereocenters. The maximum atomic E-state index is 11.8. The van der Waals surface area contributed by atoms with E-state index in [-0.39, 0.29) is 19.2 Å². The molecule has 0 saturated heterocycles. The number of carbonyl (C=O) groups is 2. The molecule has 21 heavy (non-hydrogen) atoms. The van der Waals surface area contributed by atoms with E-state index in [1.807, 2.05) is 0 Å². The molecule has 6 nitrogen and oxygen atoms in total. The molecule has 0 aromatic heterocycles. The average Bonchev–Trinajstić information content (AvgIpc) is 2.51. The molecule has 1 fully saturated rings. The van der Waals surface area contributed by atoms with Crippen molar-refractivity contribution in [2.45, 2.75) is 51.9 Å². The first kappa shape index (κ1) is 19.9. The number of ether oxygens (including phenoxy) is 1. The number of hydrogen-bond donors (Lipinski definition) is 3. The molecular formula is C15H28O6. The van der Waals surface area contributed by atoms with Gasteiger partial charge < -0.3 is 20.1 Å². The Labute approximate surface area is 126 Å². The van der Waals surface area contributed by atoms with Gasteiger partial charge in [-0.25, -0.2) is 0 Å². The van der Waals surface area contributed by atoms with Crippen molar-refractivity contribution in [3.05, 3.63) is 0 Å². The fraction of sp³-hybridized carbons (Fsp3) is 0.867. The van der Waals surface area contributed by atoms with Crippen LogP contribution in [0.15, 0.2) is 0 Å². The van der Waals surface area contributed by atoms with Gasteiger partial charge in [0, 0.05) is 0 Å². The number of carbonyl (C=O) groups excluding carboxylic acids is 1. The number of aliphatic hydroxyl groups excluding tert-OH is 2. The summed E-state index contributed by atoms with van der Waals surface area (Å²) >= 11 is 0.